The van der Waals surface area contributed by atoms with Crippen LogP contribution in [-0.4, -0.2) is 9.39 Å². The maximum absolute atomic E-state index is 11.1. The third-order valence-corrected chi connectivity index (χ3v) is 1.69. The average molecular weight is 328 g/mol. The molecular formula is C8H7ClN2O6Zn+2. The van der Waals surface area contributed by atoms with Gasteiger partial charge in [-0.1, -0.05) is 12.1 Å². The van der Waals surface area contributed by atoms with Gasteiger partial charge in [-0.15, -0.1) is 0 Å². The molecule has 0 aliphatic rings. The smallest absolute Gasteiger partial charge is 0.805 e. The first-order chi connectivity index (χ1) is 7.79. The first kappa shape index (κ1) is 16.9. The minimum atomic E-state index is -4.69. The van der Waals surface area contributed by atoms with Gasteiger partial charge < -0.3 is 9.94 Å². The van der Waals surface area contributed by atoms with Gasteiger partial charge in [0.2, 0.25) is 6.20 Å². The van der Waals surface area contributed by atoms with Crippen LogP contribution in [0, 0.1) is 20.4 Å². The fourth-order valence-corrected chi connectivity index (χ4v) is 1.12. The molecule has 1 N–H and O–H groups in total. The van der Waals surface area contributed by atoms with Gasteiger partial charge in [0.05, 0.1) is 25.5 Å². The Bertz CT molecular complexity index is 563. The van der Waals surface area contributed by atoms with E-state index in [0.717, 1.165) is 0 Å². The van der Waals surface area contributed by atoms with Crippen molar-refractivity contribution in [3.8, 4) is 0 Å². The van der Waals surface area contributed by atoms with Crippen molar-refractivity contribution < 1.29 is 52.8 Å². The molecular weight excluding hydrogens is 321 g/mol. The molecule has 0 fully saturated rings. The van der Waals surface area contributed by atoms with E-state index in [9.17, 15) is 10.1 Å². The van der Waals surface area contributed by atoms with Crippen molar-refractivity contribution in [1.82, 2.24) is 4.73 Å². The Hall–Kier alpha value is -1.09. The minimum Gasteiger partial charge on any atom is -0.805 e. The summed E-state index contributed by atoms with van der Waals surface area (Å²) in [6, 6.07) is 6.65. The molecule has 0 bridgehead atoms. The largest absolute Gasteiger partial charge is 2.00 e. The molecule has 2 aromatic rings. The fraction of sp³-hybridized carbons (Fsp3) is 0. The summed E-state index contributed by atoms with van der Waals surface area (Å²) in [7, 11) is -4.69. The molecule has 0 spiro atoms. The molecule has 1 heterocycles. The van der Waals surface area contributed by atoms with Crippen LogP contribution in [-0.2, 0) is 19.5 Å². The van der Waals surface area contributed by atoms with Crippen molar-refractivity contribution in [3.63, 3.8) is 0 Å². The molecule has 10 heteroatoms. The third kappa shape index (κ3) is 5.50. The number of hydrogen-bond acceptors (Lipinski definition) is 6. The molecule has 0 amide bonds. The van der Waals surface area contributed by atoms with Crippen molar-refractivity contribution in [1.29, 1.82) is 0 Å². The van der Waals surface area contributed by atoms with Crippen molar-refractivity contribution in [2.45, 2.75) is 0 Å². The summed E-state index contributed by atoms with van der Waals surface area (Å²) in [5.41, 5.74) is 0.769. The van der Waals surface area contributed by atoms with Gasteiger partial charge in [0.25, 0.3) is 5.52 Å². The molecule has 18 heavy (non-hydrogen) atoms. The summed E-state index contributed by atoms with van der Waals surface area (Å²) >= 11 is 0. The summed E-state index contributed by atoms with van der Waals surface area (Å²) in [4.78, 5) is 11.1. The summed E-state index contributed by atoms with van der Waals surface area (Å²) in [6.45, 7) is 0. The average Bonchev–Trinajstić information content (AvgIpc) is 2.22. The van der Waals surface area contributed by atoms with Crippen LogP contribution in [0.25, 0.3) is 11.0 Å². The maximum Gasteiger partial charge on any atom is 2.00 e. The predicted octanol–water partition coefficient (Wildman–Crippen LogP) is -3.22. The third-order valence-electron chi connectivity index (χ3n) is 1.69. The van der Waals surface area contributed by atoms with Gasteiger partial charge in [-0.25, -0.2) is 0 Å². The molecule has 2 rings (SSSR count). The minimum absolute atomic E-state index is 0. The Balaban J connectivity index is 0.000000421. The van der Waals surface area contributed by atoms with Crippen molar-refractivity contribution >= 4 is 11.0 Å². The van der Waals surface area contributed by atoms with E-state index in [2.05, 4.69) is 0 Å². The number of rotatable bonds is 0. The number of hydrogen-bond donors (Lipinski definition) is 1. The van der Waals surface area contributed by atoms with E-state index < -0.39 is 10.2 Å². The van der Waals surface area contributed by atoms with Gasteiger partial charge >= 0.3 is 19.5 Å². The molecule has 0 radical (unpaired) electrons. The topological polar surface area (TPSA) is 140 Å². The summed E-state index contributed by atoms with van der Waals surface area (Å²) in [6.07, 6.45) is 2.38. The molecule has 0 saturated heterocycles. The van der Waals surface area contributed by atoms with Gasteiger partial charge in [-0.2, -0.15) is 14.0 Å². The first-order valence-corrected chi connectivity index (χ1v) is 5.39. The molecule has 1 aromatic carbocycles. The van der Waals surface area contributed by atoms with Crippen LogP contribution in [0.15, 0.2) is 36.7 Å². The van der Waals surface area contributed by atoms with E-state index in [1.807, 2.05) is 0 Å². The molecule has 0 atom stereocenters. The van der Waals surface area contributed by atoms with Crippen LogP contribution in [0.1, 0.15) is 0 Å². The molecule has 0 unspecified atom stereocenters. The molecule has 8 nitrogen and oxygen atoms in total. The summed E-state index contributed by atoms with van der Waals surface area (Å²) in [5.74, 6) is 0. The number of nitrogens with zero attached hydrogens (tertiary/aromatic N) is 2. The Morgan fingerprint density at radius 1 is 1.22 bits per heavy atom. The van der Waals surface area contributed by atoms with Gasteiger partial charge in [-0.3, -0.25) is 0 Å². The van der Waals surface area contributed by atoms with E-state index in [-0.39, 0.29) is 19.5 Å². The van der Waals surface area contributed by atoms with Crippen LogP contribution in [0.4, 0.5) is 0 Å². The maximum atomic E-state index is 11.1. The zero-order valence-corrected chi connectivity index (χ0v) is 12.7. The quantitative estimate of drug-likeness (QED) is 0.398. The van der Waals surface area contributed by atoms with Gasteiger partial charge in [-0.05, 0) is 6.07 Å². The SMILES string of the molecule is O=[n+]1ccn([O-])c2ccccc21.[O-][Cl+3]([O-])([O-])O.[Zn+2]. The van der Waals surface area contributed by atoms with Crippen LogP contribution in [0.2, 0.25) is 0 Å². The van der Waals surface area contributed by atoms with Crippen molar-refractivity contribution in [3.05, 3.63) is 46.8 Å². The number of halogens is 1. The van der Waals surface area contributed by atoms with Crippen molar-refractivity contribution in [2.24, 2.45) is 0 Å². The zero-order valence-electron chi connectivity index (χ0n) is 8.93. The van der Waals surface area contributed by atoms with Crippen LogP contribution < -0.4 is 18.4 Å². The summed E-state index contributed by atoms with van der Waals surface area (Å²) < 4.78 is 34.1. The Labute approximate surface area is 115 Å². The van der Waals surface area contributed by atoms with E-state index in [1.165, 1.54) is 12.4 Å². The Morgan fingerprint density at radius 3 is 2.22 bits per heavy atom. The molecule has 1 aromatic heterocycles. The van der Waals surface area contributed by atoms with Crippen LogP contribution >= 0.6 is 0 Å². The fourth-order valence-electron chi connectivity index (χ4n) is 1.12. The Kier molecular flexibility index (Phi) is 6.33. The zero-order chi connectivity index (χ0) is 13.1. The first-order valence-electron chi connectivity index (χ1n) is 4.12. The van der Waals surface area contributed by atoms with Gasteiger partial charge in [0, 0.05) is 11.0 Å². The second kappa shape index (κ2) is 6.74. The van der Waals surface area contributed by atoms with E-state index in [0.29, 0.717) is 20.2 Å². The van der Waals surface area contributed by atoms with E-state index >= 15 is 0 Å². The number of benzene rings is 1. The van der Waals surface area contributed by atoms with E-state index in [4.69, 9.17) is 18.6 Å². The predicted molar refractivity (Wildman–Crippen MR) is 46.3 cm³/mol. The molecule has 0 aliphatic carbocycles. The van der Waals surface area contributed by atoms with Crippen LogP contribution in [0.5, 0.6) is 0 Å². The van der Waals surface area contributed by atoms with E-state index in [1.54, 1.807) is 24.3 Å². The molecule has 0 aliphatic heterocycles. The normalized spacial score (nSPS) is 10.2. The molecule has 0 saturated carbocycles. The second-order valence-corrected chi connectivity index (χ2v) is 3.63. The van der Waals surface area contributed by atoms with Gasteiger partial charge in [0.1, 0.15) is 5.52 Å². The number of para-hydroxylation sites is 2. The van der Waals surface area contributed by atoms with Gasteiger partial charge in [0.15, 0.2) is 0 Å². The molecule has 92 valence electrons. The second-order valence-electron chi connectivity index (χ2n) is 2.83. The number of aromatic nitrogens is 2. The number of fused-ring (bicyclic) bond motifs is 1. The Morgan fingerprint density at radius 2 is 1.72 bits per heavy atom. The van der Waals surface area contributed by atoms with Crippen LogP contribution in [0.3, 0.4) is 0 Å². The summed E-state index contributed by atoms with van der Waals surface area (Å²) in [5, 5.41) is 11.1. The van der Waals surface area contributed by atoms with Crippen molar-refractivity contribution in [2.75, 3.05) is 0 Å². The standard InChI is InChI=1S/C8H6N2O2.ClHO4.Zn/c11-9-5-6-10(12)8-4-2-1-3-7(8)9;2-1(3,4)5;/h1-6H;(H,2,3,4,5);/q;;+2. The monoisotopic (exact) mass is 326 g/mol.